The molecule has 0 saturated heterocycles. The summed E-state index contributed by atoms with van der Waals surface area (Å²) in [5, 5.41) is 11.1. The minimum Gasteiger partial charge on any atom is -0.480 e. The molecule has 1 aromatic rings. The molecule has 0 unspecified atom stereocenters. The summed E-state index contributed by atoms with van der Waals surface area (Å²) in [6.45, 7) is 0. The predicted octanol–water partition coefficient (Wildman–Crippen LogP) is 0.457. The monoisotopic (exact) mass is 330 g/mol. The molecule has 0 radical (unpaired) electrons. The maximum absolute atomic E-state index is 13.1. The van der Waals surface area contributed by atoms with Crippen molar-refractivity contribution in [2.45, 2.75) is 25.2 Å². The number of carbonyl (C=O) groups excluding carboxylic acids is 2. The SMILES string of the molecule is NC(=O)CC[C@H](NC(=O)c1cccc2c1OC(F)(F)O2)C(=O)O. The summed E-state index contributed by atoms with van der Waals surface area (Å²) in [4.78, 5) is 33.9. The van der Waals surface area contributed by atoms with Gasteiger partial charge in [0.05, 0.1) is 5.56 Å². The first-order chi connectivity index (χ1) is 10.7. The van der Waals surface area contributed by atoms with Gasteiger partial charge in [-0.2, -0.15) is 0 Å². The summed E-state index contributed by atoms with van der Waals surface area (Å²) in [6, 6.07) is 2.21. The van der Waals surface area contributed by atoms with Crippen LogP contribution in [0, 0.1) is 0 Å². The Kier molecular flexibility index (Phi) is 4.34. The lowest BCUT2D eigenvalue weighted by molar-refractivity contribution is -0.286. The van der Waals surface area contributed by atoms with Gasteiger partial charge in [-0.25, -0.2) is 4.79 Å². The lowest BCUT2D eigenvalue weighted by atomic mass is 10.1. The van der Waals surface area contributed by atoms with E-state index in [1.165, 1.54) is 18.2 Å². The first-order valence-electron chi connectivity index (χ1n) is 6.40. The van der Waals surface area contributed by atoms with Gasteiger partial charge in [0.1, 0.15) is 6.04 Å². The van der Waals surface area contributed by atoms with Crippen LogP contribution in [0.25, 0.3) is 0 Å². The third-order valence-electron chi connectivity index (χ3n) is 2.96. The second kappa shape index (κ2) is 6.07. The Hall–Kier alpha value is -2.91. The fourth-order valence-electron chi connectivity index (χ4n) is 1.93. The summed E-state index contributed by atoms with van der Waals surface area (Å²) >= 11 is 0. The number of alkyl halides is 2. The Morgan fingerprint density at radius 2 is 2.00 bits per heavy atom. The molecule has 8 nitrogen and oxygen atoms in total. The summed E-state index contributed by atoms with van der Waals surface area (Å²) in [6.07, 6.45) is -4.41. The molecule has 0 spiro atoms. The van der Waals surface area contributed by atoms with E-state index >= 15 is 0 Å². The van der Waals surface area contributed by atoms with E-state index in [2.05, 4.69) is 14.8 Å². The summed E-state index contributed by atoms with van der Waals surface area (Å²) in [5.74, 6) is -3.92. The van der Waals surface area contributed by atoms with Crippen LogP contribution in [0.2, 0.25) is 0 Å². The van der Waals surface area contributed by atoms with Crippen LogP contribution in [0.3, 0.4) is 0 Å². The minimum atomic E-state index is -3.91. The normalized spacial score (nSPS) is 15.7. The molecule has 0 aliphatic carbocycles. The van der Waals surface area contributed by atoms with Gasteiger partial charge in [-0.15, -0.1) is 8.78 Å². The molecule has 1 aromatic carbocycles. The van der Waals surface area contributed by atoms with Crippen molar-refractivity contribution in [3.05, 3.63) is 23.8 Å². The van der Waals surface area contributed by atoms with Crippen molar-refractivity contribution in [1.29, 1.82) is 0 Å². The average Bonchev–Trinajstić information content (AvgIpc) is 2.75. The van der Waals surface area contributed by atoms with Crippen molar-refractivity contribution in [2.75, 3.05) is 0 Å². The van der Waals surface area contributed by atoms with Gasteiger partial charge in [0.25, 0.3) is 5.91 Å². The van der Waals surface area contributed by atoms with E-state index in [0.717, 1.165) is 0 Å². The largest absolute Gasteiger partial charge is 0.586 e. The molecule has 4 N–H and O–H groups in total. The van der Waals surface area contributed by atoms with Gasteiger partial charge in [0.15, 0.2) is 11.5 Å². The first kappa shape index (κ1) is 16.5. The molecule has 0 fully saturated rings. The number of benzene rings is 1. The summed E-state index contributed by atoms with van der Waals surface area (Å²) in [7, 11) is 0. The van der Waals surface area contributed by atoms with Crippen LogP contribution < -0.4 is 20.5 Å². The molecular weight excluding hydrogens is 318 g/mol. The number of primary amides is 1. The van der Waals surface area contributed by atoms with E-state index in [1.807, 2.05) is 0 Å². The van der Waals surface area contributed by atoms with Crippen molar-refractivity contribution < 1.29 is 37.7 Å². The second-order valence-electron chi connectivity index (χ2n) is 4.67. The highest BCUT2D eigenvalue weighted by Gasteiger charge is 2.45. The number of carbonyl (C=O) groups is 3. The number of para-hydroxylation sites is 1. The number of carboxylic acid groups (broad SMARTS) is 1. The van der Waals surface area contributed by atoms with Crippen LogP contribution in [0.15, 0.2) is 18.2 Å². The minimum absolute atomic E-state index is 0.237. The van der Waals surface area contributed by atoms with Crippen molar-refractivity contribution in [1.82, 2.24) is 5.32 Å². The zero-order valence-electron chi connectivity index (χ0n) is 11.5. The van der Waals surface area contributed by atoms with Crippen molar-refractivity contribution in [3.8, 4) is 11.5 Å². The highest BCUT2D eigenvalue weighted by Crippen LogP contribution is 2.43. The van der Waals surface area contributed by atoms with Crippen LogP contribution >= 0.6 is 0 Å². The standard InChI is InChI=1S/C13H12F2N2O6/c14-13(15)22-8-3-1-2-6(10(8)23-13)11(19)17-7(12(20)21)4-5-9(16)18/h1-3,7H,4-5H2,(H2,16,18)(H,17,19)(H,20,21)/t7-/m0/s1. The molecule has 2 amide bonds. The Bertz CT molecular complexity index is 664. The number of hydrogen-bond donors (Lipinski definition) is 3. The number of rotatable bonds is 6. The van der Waals surface area contributed by atoms with Crippen LogP contribution in [0.4, 0.5) is 8.78 Å². The van der Waals surface area contributed by atoms with Gasteiger partial charge in [0, 0.05) is 6.42 Å². The number of ether oxygens (including phenoxy) is 2. The van der Waals surface area contributed by atoms with Crippen LogP contribution in [-0.4, -0.2) is 35.2 Å². The fourth-order valence-corrected chi connectivity index (χ4v) is 1.93. The highest BCUT2D eigenvalue weighted by molar-refractivity contribution is 5.99. The third-order valence-corrected chi connectivity index (χ3v) is 2.96. The van der Waals surface area contributed by atoms with E-state index in [9.17, 15) is 23.2 Å². The molecule has 0 aromatic heterocycles. The summed E-state index contributed by atoms with van der Waals surface area (Å²) < 4.78 is 34.6. The molecule has 1 aliphatic heterocycles. The van der Waals surface area contributed by atoms with Gasteiger partial charge in [-0.05, 0) is 18.6 Å². The number of amides is 2. The second-order valence-corrected chi connectivity index (χ2v) is 4.67. The van der Waals surface area contributed by atoms with E-state index < -0.39 is 35.9 Å². The number of fused-ring (bicyclic) bond motifs is 1. The highest BCUT2D eigenvalue weighted by atomic mass is 19.3. The quantitative estimate of drug-likeness (QED) is 0.695. The molecule has 124 valence electrons. The maximum Gasteiger partial charge on any atom is 0.586 e. The smallest absolute Gasteiger partial charge is 0.480 e. The zero-order chi connectivity index (χ0) is 17.2. The van der Waals surface area contributed by atoms with E-state index in [0.29, 0.717) is 0 Å². The molecule has 0 saturated carbocycles. The Labute approximate surface area is 128 Å². The molecular formula is C13H12F2N2O6. The number of halogens is 2. The van der Waals surface area contributed by atoms with Crippen molar-refractivity contribution >= 4 is 17.8 Å². The Morgan fingerprint density at radius 1 is 1.30 bits per heavy atom. The first-order valence-corrected chi connectivity index (χ1v) is 6.40. The maximum atomic E-state index is 13.1. The number of nitrogens with two attached hydrogens (primary N) is 1. The van der Waals surface area contributed by atoms with E-state index in [4.69, 9.17) is 10.8 Å². The lowest BCUT2D eigenvalue weighted by Crippen LogP contribution is -2.41. The van der Waals surface area contributed by atoms with E-state index in [-0.39, 0.29) is 24.2 Å². The topological polar surface area (TPSA) is 128 Å². The summed E-state index contributed by atoms with van der Waals surface area (Å²) in [5.41, 5.74) is 4.61. The molecule has 1 aliphatic rings. The molecule has 2 rings (SSSR count). The lowest BCUT2D eigenvalue weighted by Gasteiger charge is -2.14. The molecule has 1 atom stereocenters. The zero-order valence-corrected chi connectivity index (χ0v) is 11.5. The van der Waals surface area contributed by atoms with Crippen LogP contribution in [0.1, 0.15) is 23.2 Å². The molecule has 23 heavy (non-hydrogen) atoms. The average molecular weight is 330 g/mol. The van der Waals surface area contributed by atoms with Crippen molar-refractivity contribution in [3.63, 3.8) is 0 Å². The molecule has 1 heterocycles. The van der Waals surface area contributed by atoms with Crippen molar-refractivity contribution in [2.24, 2.45) is 5.73 Å². The fraction of sp³-hybridized carbons (Fsp3) is 0.308. The number of nitrogens with one attached hydrogen (secondary N) is 1. The van der Waals surface area contributed by atoms with Gasteiger partial charge >= 0.3 is 12.3 Å². The number of carboxylic acids is 1. The van der Waals surface area contributed by atoms with Gasteiger partial charge in [0.2, 0.25) is 5.91 Å². The van der Waals surface area contributed by atoms with Gasteiger partial charge in [-0.1, -0.05) is 6.07 Å². The van der Waals surface area contributed by atoms with E-state index in [1.54, 1.807) is 0 Å². The Morgan fingerprint density at radius 3 is 2.61 bits per heavy atom. The Balaban J connectivity index is 2.17. The van der Waals surface area contributed by atoms with Gasteiger partial charge in [-0.3, -0.25) is 9.59 Å². The van der Waals surface area contributed by atoms with Gasteiger partial charge < -0.3 is 25.6 Å². The molecule has 10 heteroatoms. The van der Waals surface area contributed by atoms with Crippen LogP contribution in [-0.2, 0) is 9.59 Å². The predicted molar refractivity (Wildman–Crippen MR) is 70.0 cm³/mol. The number of aliphatic carboxylic acids is 1. The molecule has 0 bridgehead atoms. The van der Waals surface area contributed by atoms with Crippen LogP contribution in [0.5, 0.6) is 11.5 Å². The third kappa shape index (κ3) is 3.84. The number of hydrogen-bond acceptors (Lipinski definition) is 5.